The molecule has 0 bridgehead atoms. The van der Waals surface area contributed by atoms with E-state index in [0.29, 0.717) is 59.1 Å². The van der Waals surface area contributed by atoms with Crippen molar-refractivity contribution in [2.24, 2.45) is 0 Å². The fraction of sp³-hybridized carbons (Fsp3) is 0.952. The maximum Gasteiger partial charge on any atom is 0.305 e. The van der Waals surface area contributed by atoms with Crippen molar-refractivity contribution in [3.05, 3.63) is 0 Å². The third kappa shape index (κ3) is 23.3. The van der Waals surface area contributed by atoms with Crippen LogP contribution in [0.25, 0.3) is 0 Å². The molecule has 0 fully saturated rings. The number of esters is 1. The number of hydrogen-bond donors (Lipinski definition) is 0. The van der Waals surface area contributed by atoms with Crippen LogP contribution in [0.1, 0.15) is 71.1 Å². The van der Waals surface area contributed by atoms with E-state index in [0.717, 1.165) is 13.0 Å². The number of carbonyl (C=O) groups is 1. The molecule has 0 aromatic carbocycles. The van der Waals surface area contributed by atoms with Gasteiger partial charge in [0, 0.05) is 19.6 Å². The molecule has 6 heteroatoms. The summed E-state index contributed by atoms with van der Waals surface area (Å²) in [6, 6.07) is 0. The van der Waals surface area contributed by atoms with Crippen molar-refractivity contribution < 1.29 is 28.5 Å². The second-order valence-electron chi connectivity index (χ2n) is 6.60. The molecule has 0 rings (SSSR count). The SMILES string of the molecule is CCCCCCCCCCOCCOCCOCCOCCCC(=O)OC. The van der Waals surface area contributed by atoms with Gasteiger partial charge in [0.25, 0.3) is 0 Å². The van der Waals surface area contributed by atoms with E-state index in [-0.39, 0.29) is 5.97 Å². The van der Waals surface area contributed by atoms with Crippen LogP contribution in [0.5, 0.6) is 0 Å². The Hall–Kier alpha value is -0.690. The minimum absolute atomic E-state index is 0.200. The smallest absolute Gasteiger partial charge is 0.305 e. The van der Waals surface area contributed by atoms with Gasteiger partial charge in [-0.1, -0.05) is 51.9 Å². The van der Waals surface area contributed by atoms with Crippen LogP contribution in [0.4, 0.5) is 0 Å². The molecule has 0 amide bonds. The summed E-state index contributed by atoms with van der Waals surface area (Å²) in [4.78, 5) is 10.9. The van der Waals surface area contributed by atoms with Crippen molar-refractivity contribution in [1.29, 1.82) is 0 Å². The number of unbranched alkanes of at least 4 members (excludes halogenated alkanes) is 7. The predicted octanol–water partition coefficient (Wildman–Crippen LogP) is 4.15. The van der Waals surface area contributed by atoms with Crippen molar-refractivity contribution >= 4 is 5.97 Å². The molecule has 0 atom stereocenters. The monoisotopic (exact) mass is 390 g/mol. The van der Waals surface area contributed by atoms with Crippen LogP contribution >= 0.6 is 0 Å². The summed E-state index contributed by atoms with van der Waals surface area (Å²) in [5, 5.41) is 0. The molecule has 0 N–H and O–H groups in total. The summed E-state index contributed by atoms with van der Waals surface area (Å²) in [6.45, 7) is 7.10. The largest absolute Gasteiger partial charge is 0.469 e. The molecule has 0 spiro atoms. The Balaban J connectivity index is 3.00. The number of rotatable bonds is 22. The normalized spacial score (nSPS) is 11.0. The molecule has 0 aromatic rings. The van der Waals surface area contributed by atoms with Crippen LogP contribution in [0.3, 0.4) is 0 Å². The summed E-state index contributed by atoms with van der Waals surface area (Å²) < 4.78 is 26.3. The van der Waals surface area contributed by atoms with E-state index in [1.165, 1.54) is 52.1 Å². The molecule has 0 saturated heterocycles. The minimum Gasteiger partial charge on any atom is -0.469 e. The highest BCUT2D eigenvalue weighted by atomic mass is 16.6. The third-order valence-electron chi connectivity index (χ3n) is 4.16. The summed E-state index contributed by atoms with van der Waals surface area (Å²) in [6.07, 6.45) is 11.6. The van der Waals surface area contributed by atoms with Crippen molar-refractivity contribution in [2.75, 3.05) is 60.0 Å². The van der Waals surface area contributed by atoms with Crippen LogP contribution in [-0.4, -0.2) is 65.9 Å². The van der Waals surface area contributed by atoms with Gasteiger partial charge in [0.15, 0.2) is 0 Å². The molecule has 0 radical (unpaired) electrons. The second-order valence-corrected chi connectivity index (χ2v) is 6.60. The Morgan fingerprint density at radius 1 is 0.556 bits per heavy atom. The summed E-state index contributed by atoms with van der Waals surface area (Å²) in [7, 11) is 1.39. The van der Waals surface area contributed by atoms with E-state index >= 15 is 0 Å². The number of ether oxygens (including phenoxy) is 5. The molecule has 0 heterocycles. The zero-order valence-corrected chi connectivity index (χ0v) is 17.7. The highest BCUT2D eigenvalue weighted by molar-refractivity contribution is 5.68. The first-order valence-electron chi connectivity index (χ1n) is 10.7. The van der Waals surface area contributed by atoms with Gasteiger partial charge in [-0.05, 0) is 12.8 Å². The molecule has 162 valence electrons. The first-order chi connectivity index (χ1) is 13.3. The zero-order valence-electron chi connectivity index (χ0n) is 17.7. The van der Waals surface area contributed by atoms with Crippen molar-refractivity contribution in [3.63, 3.8) is 0 Å². The van der Waals surface area contributed by atoms with Crippen LogP contribution in [0, 0.1) is 0 Å². The number of carbonyl (C=O) groups excluding carboxylic acids is 1. The van der Waals surface area contributed by atoms with Gasteiger partial charge in [-0.3, -0.25) is 4.79 Å². The lowest BCUT2D eigenvalue weighted by atomic mass is 10.1. The molecule has 0 aliphatic carbocycles. The summed E-state index contributed by atoms with van der Waals surface area (Å²) in [5.41, 5.74) is 0. The molecule has 27 heavy (non-hydrogen) atoms. The van der Waals surface area contributed by atoms with E-state index in [1.54, 1.807) is 0 Å². The molecule has 0 unspecified atom stereocenters. The van der Waals surface area contributed by atoms with Crippen LogP contribution in [0.2, 0.25) is 0 Å². The van der Waals surface area contributed by atoms with Crippen molar-refractivity contribution in [1.82, 2.24) is 0 Å². The van der Waals surface area contributed by atoms with Crippen LogP contribution < -0.4 is 0 Å². The average molecular weight is 391 g/mol. The number of hydrogen-bond acceptors (Lipinski definition) is 6. The fourth-order valence-electron chi connectivity index (χ4n) is 2.52. The molecule has 0 saturated carbocycles. The summed E-state index contributed by atoms with van der Waals surface area (Å²) in [5.74, 6) is -0.200. The maximum atomic E-state index is 10.9. The van der Waals surface area contributed by atoms with Gasteiger partial charge < -0.3 is 23.7 Å². The topological polar surface area (TPSA) is 63.2 Å². The van der Waals surface area contributed by atoms with Crippen LogP contribution in [-0.2, 0) is 28.5 Å². The van der Waals surface area contributed by atoms with E-state index in [9.17, 15) is 4.79 Å². The van der Waals surface area contributed by atoms with E-state index in [2.05, 4.69) is 11.7 Å². The molecule has 0 aliphatic rings. The van der Waals surface area contributed by atoms with Gasteiger partial charge in [-0.25, -0.2) is 0 Å². The van der Waals surface area contributed by atoms with Crippen molar-refractivity contribution in [2.45, 2.75) is 71.1 Å². The highest BCUT2D eigenvalue weighted by Gasteiger charge is 1.99. The quantitative estimate of drug-likeness (QED) is 0.204. The maximum absolute atomic E-state index is 10.9. The Kier molecular flexibility index (Phi) is 22.8. The van der Waals surface area contributed by atoms with Gasteiger partial charge >= 0.3 is 5.97 Å². The predicted molar refractivity (Wildman–Crippen MR) is 107 cm³/mol. The van der Waals surface area contributed by atoms with Crippen LogP contribution in [0.15, 0.2) is 0 Å². The lowest BCUT2D eigenvalue weighted by molar-refractivity contribution is -0.141. The average Bonchev–Trinajstić information content (AvgIpc) is 2.68. The third-order valence-corrected chi connectivity index (χ3v) is 4.16. The van der Waals surface area contributed by atoms with Gasteiger partial charge in [0.05, 0.1) is 46.8 Å². The Morgan fingerprint density at radius 3 is 1.44 bits per heavy atom. The zero-order chi connectivity index (χ0) is 19.8. The first-order valence-corrected chi connectivity index (χ1v) is 10.7. The lowest BCUT2D eigenvalue weighted by Crippen LogP contribution is -2.12. The van der Waals surface area contributed by atoms with E-state index in [1.807, 2.05) is 0 Å². The Labute approximate surface area is 166 Å². The minimum atomic E-state index is -0.200. The van der Waals surface area contributed by atoms with Gasteiger partial charge in [0.2, 0.25) is 0 Å². The number of methoxy groups -OCH3 is 1. The molecular formula is C21H42O6. The first kappa shape index (κ1) is 26.3. The molecular weight excluding hydrogens is 348 g/mol. The standard InChI is InChI=1S/C21H42O6/c1-3-4-5-6-7-8-9-10-13-24-15-17-26-19-20-27-18-16-25-14-11-12-21(22)23-2/h3-20H2,1-2H3. The molecule has 0 aliphatic heterocycles. The second kappa shape index (κ2) is 23.3. The van der Waals surface area contributed by atoms with Gasteiger partial charge in [-0.2, -0.15) is 0 Å². The summed E-state index contributed by atoms with van der Waals surface area (Å²) >= 11 is 0. The van der Waals surface area contributed by atoms with E-state index in [4.69, 9.17) is 18.9 Å². The lowest BCUT2D eigenvalue weighted by Gasteiger charge is -2.07. The van der Waals surface area contributed by atoms with Gasteiger partial charge in [0.1, 0.15) is 0 Å². The van der Waals surface area contributed by atoms with E-state index < -0.39 is 0 Å². The molecule has 0 aromatic heterocycles. The Morgan fingerprint density at radius 2 is 0.963 bits per heavy atom. The van der Waals surface area contributed by atoms with Crippen molar-refractivity contribution in [3.8, 4) is 0 Å². The van der Waals surface area contributed by atoms with Gasteiger partial charge in [-0.15, -0.1) is 0 Å². The fourth-order valence-corrected chi connectivity index (χ4v) is 2.52. The Bertz CT molecular complexity index is 298. The highest BCUT2D eigenvalue weighted by Crippen LogP contribution is 2.08. The molecule has 6 nitrogen and oxygen atoms in total.